The van der Waals surface area contributed by atoms with Crippen LogP contribution in [0.25, 0.3) is 0 Å². The van der Waals surface area contributed by atoms with E-state index in [0.717, 1.165) is 12.2 Å². The Morgan fingerprint density at radius 1 is 1.77 bits per heavy atom. The molecule has 0 bridgehead atoms. The molecule has 1 aromatic rings. The number of amides is 1. The third-order valence-electron chi connectivity index (χ3n) is 1.56. The van der Waals surface area contributed by atoms with E-state index < -0.39 is 0 Å². The number of nitrogens with one attached hydrogen (secondary N) is 1. The van der Waals surface area contributed by atoms with E-state index >= 15 is 0 Å². The molecule has 0 aliphatic carbocycles. The summed E-state index contributed by atoms with van der Waals surface area (Å²) in [5.41, 5.74) is 0.757. The monoisotopic (exact) mass is 245 g/mol. The summed E-state index contributed by atoms with van der Waals surface area (Å²) < 4.78 is 1.77. The molecule has 1 aromatic heterocycles. The van der Waals surface area contributed by atoms with Crippen molar-refractivity contribution in [3.63, 3.8) is 0 Å². The van der Waals surface area contributed by atoms with E-state index in [2.05, 4.69) is 26.3 Å². The predicted molar refractivity (Wildman–Crippen MR) is 54.9 cm³/mol. The van der Waals surface area contributed by atoms with E-state index in [1.807, 2.05) is 13.1 Å². The van der Waals surface area contributed by atoms with Gasteiger partial charge >= 0.3 is 0 Å². The Balaban J connectivity index is 2.49. The summed E-state index contributed by atoms with van der Waals surface area (Å²) in [6, 6.07) is 0. The molecule has 1 rings (SSSR count). The molecule has 0 saturated carbocycles. The largest absolute Gasteiger partial charge is 0.323 e. The number of aryl methyl sites for hydroxylation is 1. The molecule has 1 amide bonds. The van der Waals surface area contributed by atoms with Crippen LogP contribution in [0.5, 0.6) is 0 Å². The van der Waals surface area contributed by atoms with Crippen molar-refractivity contribution in [2.75, 3.05) is 10.6 Å². The van der Waals surface area contributed by atoms with E-state index in [-0.39, 0.29) is 5.91 Å². The zero-order chi connectivity index (χ0) is 9.68. The summed E-state index contributed by atoms with van der Waals surface area (Å²) in [5, 5.41) is 7.46. The SMILES string of the molecule is CCn1cc(NC(=O)CCBr)cn1. The summed E-state index contributed by atoms with van der Waals surface area (Å²) in [7, 11) is 0. The molecule has 0 aliphatic heterocycles. The molecule has 1 N–H and O–H groups in total. The van der Waals surface area contributed by atoms with Gasteiger partial charge in [0, 0.05) is 24.5 Å². The van der Waals surface area contributed by atoms with Gasteiger partial charge in [-0.2, -0.15) is 5.10 Å². The zero-order valence-electron chi connectivity index (χ0n) is 7.46. The van der Waals surface area contributed by atoms with Crippen molar-refractivity contribution in [2.24, 2.45) is 0 Å². The molecule has 0 atom stereocenters. The van der Waals surface area contributed by atoms with Gasteiger partial charge in [-0.25, -0.2) is 0 Å². The van der Waals surface area contributed by atoms with Crippen LogP contribution in [-0.2, 0) is 11.3 Å². The lowest BCUT2D eigenvalue weighted by atomic mass is 10.4. The lowest BCUT2D eigenvalue weighted by Crippen LogP contribution is -2.10. The molecule has 0 spiro atoms. The van der Waals surface area contributed by atoms with Crippen molar-refractivity contribution in [1.82, 2.24) is 9.78 Å². The molecule has 72 valence electrons. The molecule has 4 nitrogen and oxygen atoms in total. The van der Waals surface area contributed by atoms with Crippen LogP contribution in [0.15, 0.2) is 12.4 Å². The van der Waals surface area contributed by atoms with Crippen LogP contribution in [-0.4, -0.2) is 21.0 Å². The summed E-state index contributed by atoms with van der Waals surface area (Å²) in [6.45, 7) is 2.81. The molecule has 1 heterocycles. The summed E-state index contributed by atoms with van der Waals surface area (Å²) in [6.07, 6.45) is 3.94. The molecular formula is C8H12BrN3O. The number of carbonyl (C=O) groups excluding carboxylic acids is 1. The minimum absolute atomic E-state index is 0.00697. The van der Waals surface area contributed by atoms with E-state index in [4.69, 9.17) is 0 Å². The molecular weight excluding hydrogens is 234 g/mol. The average molecular weight is 246 g/mol. The molecule has 13 heavy (non-hydrogen) atoms. The number of anilines is 1. The van der Waals surface area contributed by atoms with Gasteiger partial charge in [0.1, 0.15) is 0 Å². The van der Waals surface area contributed by atoms with Crippen molar-refractivity contribution in [1.29, 1.82) is 0 Å². The number of aromatic nitrogens is 2. The van der Waals surface area contributed by atoms with Crippen LogP contribution in [0.4, 0.5) is 5.69 Å². The lowest BCUT2D eigenvalue weighted by Gasteiger charge is -1.98. The van der Waals surface area contributed by atoms with E-state index in [0.29, 0.717) is 11.8 Å². The second-order valence-corrected chi connectivity index (χ2v) is 3.36. The Morgan fingerprint density at radius 3 is 3.08 bits per heavy atom. The highest BCUT2D eigenvalue weighted by molar-refractivity contribution is 9.09. The van der Waals surface area contributed by atoms with Crippen LogP contribution in [0.1, 0.15) is 13.3 Å². The van der Waals surface area contributed by atoms with Gasteiger partial charge in [-0.1, -0.05) is 15.9 Å². The van der Waals surface area contributed by atoms with Crippen molar-refractivity contribution in [3.8, 4) is 0 Å². The molecule has 0 saturated heterocycles. The smallest absolute Gasteiger partial charge is 0.225 e. The zero-order valence-corrected chi connectivity index (χ0v) is 9.04. The van der Waals surface area contributed by atoms with Crippen LogP contribution < -0.4 is 5.32 Å². The van der Waals surface area contributed by atoms with Crippen molar-refractivity contribution in [3.05, 3.63) is 12.4 Å². The normalized spacial score (nSPS) is 10.0. The number of halogens is 1. The third-order valence-corrected chi connectivity index (χ3v) is 1.96. The minimum atomic E-state index is 0.00697. The van der Waals surface area contributed by atoms with Crippen LogP contribution in [0.2, 0.25) is 0 Å². The van der Waals surface area contributed by atoms with Gasteiger partial charge in [0.2, 0.25) is 5.91 Å². The highest BCUT2D eigenvalue weighted by Gasteiger charge is 2.02. The first kappa shape index (κ1) is 10.2. The standard InChI is InChI=1S/C8H12BrN3O/c1-2-12-6-7(5-10-12)11-8(13)3-4-9/h5-6H,2-4H2,1H3,(H,11,13). The Morgan fingerprint density at radius 2 is 2.54 bits per heavy atom. The van der Waals surface area contributed by atoms with Gasteiger partial charge in [-0.05, 0) is 6.92 Å². The minimum Gasteiger partial charge on any atom is -0.323 e. The maximum Gasteiger partial charge on any atom is 0.225 e. The number of hydrogen-bond acceptors (Lipinski definition) is 2. The van der Waals surface area contributed by atoms with E-state index in [9.17, 15) is 4.79 Å². The maximum absolute atomic E-state index is 11.1. The van der Waals surface area contributed by atoms with Gasteiger partial charge in [0.05, 0.1) is 11.9 Å². The molecule has 0 aromatic carbocycles. The maximum atomic E-state index is 11.1. The Bertz CT molecular complexity index is 285. The highest BCUT2D eigenvalue weighted by Crippen LogP contribution is 2.05. The Hall–Kier alpha value is -0.840. The van der Waals surface area contributed by atoms with Crippen molar-refractivity contribution >= 4 is 27.5 Å². The van der Waals surface area contributed by atoms with Crippen LogP contribution >= 0.6 is 15.9 Å². The fourth-order valence-corrected chi connectivity index (χ4v) is 1.27. The predicted octanol–water partition coefficient (Wildman–Crippen LogP) is 1.63. The van der Waals surface area contributed by atoms with Gasteiger partial charge in [-0.3, -0.25) is 9.48 Å². The van der Waals surface area contributed by atoms with Gasteiger partial charge in [0.15, 0.2) is 0 Å². The fourth-order valence-electron chi connectivity index (χ4n) is 0.910. The second-order valence-electron chi connectivity index (χ2n) is 2.57. The summed E-state index contributed by atoms with van der Waals surface area (Å²) in [4.78, 5) is 11.1. The number of carbonyl (C=O) groups is 1. The van der Waals surface area contributed by atoms with Crippen molar-refractivity contribution < 1.29 is 4.79 Å². The first-order valence-corrected chi connectivity index (χ1v) is 5.26. The molecule has 0 unspecified atom stereocenters. The number of hydrogen-bond donors (Lipinski definition) is 1. The molecule has 0 fully saturated rings. The van der Waals surface area contributed by atoms with Crippen LogP contribution in [0, 0.1) is 0 Å². The molecule has 0 radical (unpaired) electrons. The third kappa shape index (κ3) is 3.18. The number of alkyl halides is 1. The summed E-state index contributed by atoms with van der Waals surface area (Å²) in [5.74, 6) is 0.00697. The average Bonchev–Trinajstić information content (AvgIpc) is 2.52. The Kier molecular flexibility index (Phi) is 3.95. The quantitative estimate of drug-likeness (QED) is 0.820. The highest BCUT2D eigenvalue weighted by atomic mass is 79.9. The number of nitrogens with zero attached hydrogens (tertiary/aromatic N) is 2. The van der Waals surface area contributed by atoms with Crippen LogP contribution in [0.3, 0.4) is 0 Å². The topological polar surface area (TPSA) is 46.9 Å². The van der Waals surface area contributed by atoms with Gasteiger partial charge < -0.3 is 5.32 Å². The first-order chi connectivity index (χ1) is 6.26. The first-order valence-electron chi connectivity index (χ1n) is 4.14. The van der Waals surface area contributed by atoms with Crippen molar-refractivity contribution in [2.45, 2.75) is 19.9 Å². The van der Waals surface area contributed by atoms with E-state index in [1.165, 1.54) is 0 Å². The fraction of sp³-hybridized carbons (Fsp3) is 0.500. The molecule has 0 aliphatic rings. The van der Waals surface area contributed by atoms with Gasteiger partial charge in [0.25, 0.3) is 0 Å². The number of rotatable bonds is 4. The Labute approximate surface area is 85.4 Å². The molecule has 5 heteroatoms. The van der Waals surface area contributed by atoms with Gasteiger partial charge in [-0.15, -0.1) is 0 Å². The second kappa shape index (κ2) is 5.01. The lowest BCUT2D eigenvalue weighted by molar-refractivity contribution is -0.115. The van der Waals surface area contributed by atoms with E-state index in [1.54, 1.807) is 10.9 Å². The summed E-state index contributed by atoms with van der Waals surface area (Å²) >= 11 is 3.20.